The van der Waals surface area contributed by atoms with Crippen LogP contribution in [-0.2, 0) is 13.6 Å². The maximum absolute atomic E-state index is 12.6. The van der Waals surface area contributed by atoms with Crippen molar-refractivity contribution in [2.24, 2.45) is 7.05 Å². The lowest BCUT2D eigenvalue weighted by molar-refractivity contribution is 0.235. The van der Waals surface area contributed by atoms with E-state index in [1.54, 1.807) is 26.4 Å². The van der Waals surface area contributed by atoms with Gasteiger partial charge in [-0.05, 0) is 37.6 Å². The van der Waals surface area contributed by atoms with Crippen LogP contribution in [0.2, 0.25) is 0 Å². The van der Waals surface area contributed by atoms with Crippen LogP contribution in [0.4, 0.5) is 0 Å². The van der Waals surface area contributed by atoms with E-state index in [0.29, 0.717) is 40.8 Å². The molecule has 7 heteroatoms. The Morgan fingerprint density at radius 1 is 1.26 bits per heavy atom. The van der Waals surface area contributed by atoms with E-state index in [1.165, 1.54) is 5.69 Å². The third-order valence-corrected chi connectivity index (χ3v) is 5.30. The van der Waals surface area contributed by atoms with E-state index in [-0.39, 0.29) is 5.56 Å². The Kier molecular flexibility index (Phi) is 4.61. The van der Waals surface area contributed by atoms with Gasteiger partial charge in [-0.15, -0.1) is 0 Å². The number of nitrogens with one attached hydrogen (secondary N) is 1. The molecule has 1 aliphatic rings. The average molecular weight is 368 g/mol. The molecule has 142 valence electrons. The van der Waals surface area contributed by atoms with Gasteiger partial charge in [0.05, 0.1) is 37.7 Å². The minimum atomic E-state index is -0.162. The van der Waals surface area contributed by atoms with Crippen molar-refractivity contribution in [2.45, 2.75) is 25.4 Å². The second kappa shape index (κ2) is 7.08. The molecule has 2 aromatic heterocycles. The number of nitrogens with zero attached hydrogens (tertiary/aromatic N) is 3. The molecule has 1 unspecified atom stereocenters. The molecule has 0 saturated carbocycles. The van der Waals surface area contributed by atoms with E-state index < -0.39 is 0 Å². The summed E-state index contributed by atoms with van der Waals surface area (Å²) in [4.78, 5) is 22.6. The summed E-state index contributed by atoms with van der Waals surface area (Å²) < 4.78 is 12.8. The Hall–Kier alpha value is -2.80. The molecule has 7 nitrogen and oxygen atoms in total. The summed E-state index contributed by atoms with van der Waals surface area (Å²) >= 11 is 0. The molecule has 1 saturated heterocycles. The molecule has 0 amide bonds. The van der Waals surface area contributed by atoms with Gasteiger partial charge in [-0.2, -0.15) is 0 Å². The fraction of sp³-hybridized carbons (Fsp3) is 0.400. The van der Waals surface area contributed by atoms with E-state index in [2.05, 4.69) is 44.8 Å². The van der Waals surface area contributed by atoms with Crippen molar-refractivity contribution in [3.8, 4) is 11.5 Å². The van der Waals surface area contributed by atoms with Gasteiger partial charge in [-0.25, -0.2) is 4.98 Å². The van der Waals surface area contributed by atoms with E-state index in [9.17, 15) is 4.79 Å². The third kappa shape index (κ3) is 3.19. The number of fused-ring (bicyclic) bond motifs is 1. The van der Waals surface area contributed by atoms with Crippen molar-refractivity contribution in [1.82, 2.24) is 19.4 Å². The van der Waals surface area contributed by atoms with Gasteiger partial charge in [0.15, 0.2) is 11.5 Å². The molecule has 3 heterocycles. The van der Waals surface area contributed by atoms with Crippen LogP contribution < -0.4 is 15.0 Å². The molecule has 0 aliphatic carbocycles. The zero-order chi connectivity index (χ0) is 19.0. The van der Waals surface area contributed by atoms with Crippen LogP contribution in [0.1, 0.15) is 30.4 Å². The quantitative estimate of drug-likeness (QED) is 0.749. The minimum absolute atomic E-state index is 0.162. The van der Waals surface area contributed by atoms with Gasteiger partial charge in [0.2, 0.25) is 0 Å². The van der Waals surface area contributed by atoms with Crippen molar-refractivity contribution >= 4 is 10.9 Å². The number of rotatable bonds is 5. The zero-order valence-electron chi connectivity index (χ0n) is 15.9. The number of hydrogen-bond donors (Lipinski definition) is 1. The smallest absolute Gasteiger partial charge is 0.258 e. The normalized spacial score (nSPS) is 17.5. The van der Waals surface area contributed by atoms with Crippen LogP contribution in [0, 0.1) is 0 Å². The number of aromatic nitrogens is 3. The van der Waals surface area contributed by atoms with Crippen molar-refractivity contribution in [3.05, 3.63) is 52.3 Å². The number of likely N-dealkylation sites (tertiary alicyclic amines) is 1. The maximum atomic E-state index is 12.6. The Balaban J connectivity index is 1.68. The van der Waals surface area contributed by atoms with E-state index >= 15 is 0 Å². The van der Waals surface area contributed by atoms with Crippen LogP contribution in [0.25, 0.3) is 10.9 Å². The van der Waals surface area contributed by atoms with Gasteiger partial charge in [0, 0.05) is 25.0 Å². The fourth-order valence-electron chi connectivity index (χ4n) is 3.95. The molecule has 1 aliphatic heterocycles. The fourth-order valence-corrected chi connectivity index (χ4v) is 3.95. The predicted octanol–water partition coefficient (Wildman–Crippen LogP) is 2.62. The SMILES string of the molecule is COc1cc2nc(CN3CCCC3c3cccn3C)[nH]c(=O)c2cc1OC. The van der Waals surface area contributed by atoms with E-state index in [4.69, 9.17) is 9.47 Å². The van der Waals surface area contributed by atoms with Crippen molar-refractivity contribution in [3.63, 3.8) is 0 Å². The highest BCUT2D eigenvalue weighted by molar-refractivity contribution is 5.81. The molecule has 0 bridgehead atoms. The Morgan fingerprint density at radius 2 is 2.04 bits per heavy atom. The standard InChI is InChI=1S/C20H24N4O3/c1-23-8-4-6-15(23)16-7-5-9-24(16)12-19-21-14-11-18(27-3)17(26-2)10-13(14)20(25)22-19/h4,6,8,10-11,16H,5,7,9,12H2,1-3H3,(H,21,22,25). The second-order valence-electron chi connectivity index (χ2n) is 6.91. The monoisotopic (exact) mass is 368 g/mol. The lowest BCUT2D eigenvalue weighted by Crippen LogP contribution is -2.26. The Bertz CT molecular complexity index is 1020. The number of aryl methyl sites for hydroxylation is 1. The first-order valence-corrected chi connectivity index (χ1v) is 9.11. The van der Waals surface area contributed by atoms with Crippen molar-refractivity contribution in [2.75, 3.05) is 20.8 Å². The third-order valence-electron chi connectivity index (χ3n) is 5.30. The van der Waals surface area contributed by atoms with Crippen LogP contribution >= 0.6 is 0 Å². The van der Waals surface area contributed by atoms with E-state index in [0.717, 1.165) is 19.4 Å². The van der Waals surface area contributed by atoms with Gasteiger partial charge in [-0.1, -0.05) is 0 Å². The Morgan fingerprint density at radius 3 is 2.74 bits per heavy atom. The average Bonchev–Trinajstić information content (AvgIpc) is 3.29. The van der Waals surface area contributed by atoms with Gasteiger partial charge in [0.25, 0.3) is 5.56 Å². The largest absolute Gasteiger partial charge is 0.493 e. The number of ether oxygens (including phenoxy) is 2. The minimum Gasteiger partial charge on any atom is -0.493 e. The first-order valence-electron chi connectivity index (χ1n) is 9.11. The highest BCUT2D eigenvalue weighted by Gasteiger charge is 2.28. The number of methoxy groups -OCH3 is 2. The van der Waals surface area contributed by atoms with Crippen LogP contribution in [-0.4, -0.2) is 40.2 Å². The lowest BCUT2D eigenvalue weighted by atomic mass is 10.1. The van der Waals surface area contributed by atoms with Gasteiger partial charge in [-0.3, -0.25) is 9.69 Å². The van der Waals surface area contributed by atoms with E-state index in [1.807, 2.05) is 0 Å². The second-order valence-corrected chi connectivity index (χ2v) is 6.91. The summed E-state index contributed by atoms with van der Waals surface area (Å²) in [7, 11) is 5.20. The summed E-state index contributed by atoms with van der Waals surface area (Å²) in [5.74, 6) is 1.76. The summed E-state index contributed by atoms with van der Waals surface area (Å²) in [5.41, 5.74) is 1.74. The summed E-state index contributed by atoms with van der Waals surface area (Å²) in [6, 6.07) is 8.01. The molecule has 0 radical (unpaired) electrons. The number of benzene rings is 1. The van der Waals surface area contributed by atoms with Gasteiger partial charge < -0.3 is 19.0 Å². The molecular weight excluding hydrogens is 344 g/mol. The Labute approximate surface area is 157 Å². The van der Waals surface area contributed by atoms with Crippen molar-refractivity contribution in [1.29, 1.82) is 0 Å². The molecule has 1 atom stereocenters. The van der Waals surface area contributed by atoms with Crippen LogP contribution in [0.3, 0.4) is 0 Å². The maximum Gasteiger partial charge on any atom is 0.258 e. The highest BCUT2D eigenvalue weighted by atomic mass is 16.5. The lowest BCUT2D eigenvalue weighted by Gasteiger charge is -2.24. The molecule has 1 N–H and O–H groups in total. The number of aromatic amines is 1. The first-order chi connectivity index (χ1) is 13.1. The van der Waals surface area contributed by atoms with Crippen LogP contribution in [0.5, 0.6) is 11.5 Å². The first kappa shape index (κ1) is 17.6. The molecule has 27 heavy (non-hydrogen) atoms. The van der Waals surface area contributed by atoms with Crippen LogP contribution in [0.15, 0.2) is 35.3 Å². The highest BCUT2D eigenvalue weighted by Crippen LogP contribution is 2.33. The van der Waals surface area contributed by atoms with Crippen molar-refractivity contribution < 1.29 is 9.47 Å². The zero-order valence-corrected chi connectivity index (χ0v) is 15.9. The molecule has 0 spiro atoms. The van der Waals surface area contributed by atoms with Gasteiger partial charge >= 0.3 is 0 Å². The van der Waals surface area contributed by atoms with Gasteiger partial charge in [0.1, 0.15) is 5.82 Å². The molecule has 1 fully saturated rings. The summed E-state index contributed by atoms with van der Waals surface area (Å²) in [6.45, 7) is 1.60. The molecule has 1 aromatic carbocycles. The molecule has 3 aromatic rings. The predicted molar refractivity (Wildman–Crippen MR) is 103 cm³/mol. The number of H-pyrrole nitrogens is 1. The number of hydrogen-bond acceptors (Lipinski definition) is 5. The topological polar surface area (TPSA) is 72.4 Å². The summed E-state index contributed by atoms with van der Waals surface area (Å²) in [6.07, 6.45) is 4.32. The molecule has 4 rings (SSSR count). The summed E-state index contributed by atoms with van der Waals surface area (Å²) in [5, 5.41) is 0.497. The molecular formula is C20H24N4O3.